The van der Waals surface area contributed by atoms with Crippen LogP contribution in [0, 0.1) is 0 Å². The molecule has 0 atom stereocenters. The molecule has 2 nitrogen and oxygen atoms in total. The van der Waals surface area contributed by atoms with E-state index in [2.05, 4.69) is 15.9 Å². The number of hydrogen-bond donors (Lipinski definition) is 2. The number of phenols is 2. The van der Waals surface area contributed by atoms with Crippen LogP contribution in [0.4, 0.5) is 0 Å². The van der Waals surface area contributed by atoms with E-state index >= 15 is 0 Å². The monoisotopic (exact) mass is 334 g/mol. The van der Waals surface area contributed by atoms with Crippen molar-refractivity contribution in [3.05, 3.63) is 57.0 Å². The van der Waals surface area contributed by atoms with Crippen LogP contribution in [0.2, 0.25) is 10.0 Å². The maximum atomic E-state index is 8.88. The largest absolute Gasteiger partial charge is 0.508 e. The van der Waals surface area contributed by atoms with Gasteiger partial charge in [-0.2, -0.15) is 0 Å². The molecule has 0 aliphatic heterocycles. The van der Waals surface area contributed by atoms with Gasteiger partial charge in [0.2, 0.25) is 0 Å². The second-order valence-electron chi connectivity index (χ2n) is 3.05. The highest BCUT2D eigenvalue weighted by Gasteiger charge is 1.99. The molecule has 0 aliphatic rings. The van der Waals surface area contributed by atoms with Crippen molar-refractivity contribution < 1.29 is 10.2 Å². The van der Waals surface area contributed by atoms with Crippen LogP contribution >= 0.6 is 39.1 Å². The lowest BCUT2D eigenvalue weighted by atomic mass is 10.3. The van der Waals surface area contributed by atoms with Crippen LogP contribution in [0.25, 0.3) is 0 Å². The Morgan fingerprint density at radius 1 is 0.882 bits per heavy atom. The molecule has 0 saturated heterocycles. The Kier molecular flexibility index (Phi) is 5.62. The second-order valence-corrected chi connectivity index (χ2v) is 4.75. The minimum absolute atomic E-state index is 0.0177. The molecule has 0 radical (unpaired) electrons. The minimum atomic E-state index is 0.0177. The lowest BCUT2D eigenvalue weighted by Crippen LogP contribution is -1.67. The van der Waals surface area contributed by atoms with Crippen molar-refractivity contribution in [2.45, 2.75) is 0 Å². The normalized spacial score (nSPS) is 9.35. The van der Waals surface area contributed by atoms with Gasteiger partial charge in [0.05, 0.1) is 5.02 Å². The average molecular weight is 336 g/mol. The van der Waals surface area contributed by atoms with Gasteiger partial charge >= 0.3 is 0 Å². The Balaban J connectivity index is 0.000000171. The summed E-state index contributed by atoms with van der Waals surface area (Å²) in [6, 6.07) is 11.6. The molecule has 2 rings (SSSR count). The van der Waals surface area contributed by atoms with Crippen LogP contribution in [0.15, 0.2) is 46.9 Å². The van der Waals surface area contributed by atoms with Gasteiger partial charge in [-0.25, -0.2) is 0 Å². The number of phenolic OH excluding ortho intramolecular Hbond substituents is 2. The summed E-state index contributed by atoms with van der Waals surface area (Å²) in [6.07, 6.45) is 0. The van der Waals surface area contributed by atoms with E-state index in [1.165, 1.54) is 6.07 Å². The third kappa shape index (κ3) is 4.86. The molecule has 0 heterocycles. The maximum Gasteiger partial charge on any atom is 0.135 e. The third-order valence-electron chi connectivity index (χ3n) is 1.76. The highest BCUT2D eigenvalue weighted by Crippen LogP contribution is 2.29. The van der Waals surface area contributed by atoms with E-state index in [9.17, 15) is 0 Å². The van der Waals surface area contributed by atoms with Crippen molar-refractivity contribution >= 4 is 39.1 Å². The van der Waals surface area contributed by atoms with Gasteiger partial charge in [-0.1, -0.05) is 45.2 Å². The molecule has 5 heteroatoms. The fourth-order valence-corrected chi connectivity index (χ4v) is 1.49. The van der Waals surface area contributed by atoms with Crippen molar-refractivity contribution in [3.8, 4) is 11.5 Å². The first kappa shape index (κ1) is 14.2. The maximum absolute atomic E-state index is 8.88. The quantitative estimate of drug-likeness (QED) is 0.722. The molecular formula is C12H9BrCl2O2. The molecule has 0 aliphatic carbocycles. The van der Waals surface area contributed by atoms with Crippen LogP contribution in [-0.4, -0.2) is 10.2 Å². The summed E-state index contributed by atoms with van der Waals surface area (Å²) in [5.41, 5.74) is 0. The zero-order valence-corrected chi connectivity index (χ0v) is 11.7. The molecule has 90 valence electrons. The molecule has 2 aromatic carbocycles. The third-order valence-corrected chi connectivity index (χ3v) is 3.10. The molecule has 0 aromatic heterocycles. The Labute approximate surface area is 118 Å². The summed E-state index contributed by atoms with van der Waals surface area (Å²) >= 11 is 14.3. The highest BCUT2D eigenvalue weighted by atomic mass is 79.9. The Bertz CT molecular complexity index is 445. The molecule has 0 saturated carbocycles. The van der Waals surface area contributed by atoms with E-state index in [4.69, 9.17) is 33.4 Å². The lowest BCUT2D eigenvalue weighted by molar-refractivity contribution is 0.475. The number of halogens is 3. The molecule has 0 spiro atoms. The SMILES string of the molecule is Oc1ccc(Br)cc1.Oc1cccc(Cl)c1Cl. The summed E-state index contributed by atoms with van der Waals surface area (Å²) in [6.45, 7) is 0. The van der Waals surface area contributed by atoms with Gasteiger partial charge in [0.15, 0.2) is 0 Å². The van der Waals surface area contributed by atoms with Crippen molar-refractivity contribution in [2.24, 2.45) is 0 Å². The van der Waals surface area contributed by atoms with Crippen molar-refractivity contribution in [1.82, 2.24) is 0 Å². The summed E-state index contributed by atoms with van der Waals surface area (Å²) in [7, 11) is 0. The van der Waals surface area contributed by atoms with E-state index < -0.39 is 0 Å². The predicted molar refractivity (Wildman–Crippen MR) is 73.9 cm³/mol. The molecule has 17 heavy (non-hydrogen) atoms. The van der Waals surface area contributed by atoms with E-state index in [0.717, 1.165) is 4.47 Å². The topological polar surface area (TPSA) is 40.5 Å². The van der Waals surface area contributed by atoms with Crippen molar-refractivity contribution in [3.63, 3.8) is 0 Å². The zero-order chi connectivity index (χ0) is 12.8. The summed E-state index contributed by atoms with van der Waals surface area (Å²) < 4.78 is 0.982. The zero-order valence-electron chi connectivity index (χ0n) is 8.57. The molecular weight excluding hydrogens is 327 g/mol. The van der Waals surface area contributed by atoms with Crippen LogP contribution in [0.5, 0.6) is 11.5 Å². The van der Waals surface area contributed by atoms with Gasteiger partial charge in [-0.3, -0.25) is 0 Å². The summed E-state index contributed by atoms with van der Waals surface area (Å²) in [5.74, 6) is 0.317. The van der Waals surface area contributed by atoms with Gasteiger partial charge in [0.25, 0.3) is 0 Å². The number of rotatable bonds is 0. The first-order valence-electron chi connectivity index (χ1n) is 4.58. The first-order valence-corrected chi connectivity index (χ1v) is 6.13. The van der Waals surface area contributed by atoms with Crippen LogP contribution in [0.1, 0.15) is 0 Å². The Morgan fingerprint density at radius 2 is 1.47 bits per heavy atom. The summed E-state index contributed by atoms with van der Waals surface area (Å²) in [5, 5.41) is 18.2. The number of hydrogen-bond acceptors (Lipinski definition) is 2. The standard InChI is InChI=1S/C6H5BrO.C6H4Cl2O/c7-5-1-3-6(8)4-2-5;7-4-2-1-3-5(9)6(4)8/h1-4,8H;1-3,9H. The van der Waals surface area contributed by atoms with Gasteiger partial charge < -0.3 is 10.2 Å². The van der Waals surface area contributed by atoms with E-state index in [0.29, 0.717) is 10.8 Å². The first-order chi connectivity index (χ1) is 8.00. The fourth-order valence-electron chi connectivity index (χ4n) is 0.934. The fraction of sp³-hybridized carbons (Fsp3) is 0. The lowest BCUT2D eigenvalue weighted by Gasteiger charge is -1.95. The van der Waals surface area contributed by atoms with Gasteiger partial charge in [-0.15, -0.1) is 0 Å². The number of benzene rings is 2. The molecule has 0 bridgehead atoms. The van der Waals surface area contributed by atoms with Crippen molar-refractivity contribution in [2.75, 3.05) is 0 Å². The Morgan fingerprint density at radius 3 is 1.88 bits per heavy atom. The molecule has 0 amide bonds. The van der Waals surface area contributed by atoms with Gasteiger partial charge in [0, 0.05) is 4.47 Å². The highest BCUT2D eigenvalue weighted by molar-refractivity contribution is 9.10. The smallest absolute Gasteiger partial charge is 0.135 e. The van der Waals surface area contributed by atoms with Gasteiger partial charge in [-0.05, 0) is 36.4 Å². The van der Waals surface area contributed by atoms with Crippen LogP contribution in [0.3, 0.4) is 0 Å². The van der Waals surface area contributed by atoms with Gasteiger partial charge in [0.1, 0.15) is 16.5 Å². The van der Waals surface area contributed by atoms with E-state index in [1.807, 2.05) is 0 Å². The summed E-state index contributed by atoms with van der Waals surface area (Å²) in [4.78, 5) is 0. The minimum Gasteiger partial charge on any atom is -0.508 e. The molecule has 2 N–H and O–H groups in total. The Hall–Kier alpha value is -0.900. The van der Waals surface area contributed by atoms with Crippen LogP contribution in [-0.2, 0) is 0 Å². The average Bonchev–Trinajstić information content (AvgIpc) is 2.31. The second kappa shape index (κ2) is 6.74. The molecule has 0 fully saturated rings. The number of aromatic hydroxyl groups is 2. The van der Waals surface area contributed by atoms with E-state index in [1.54, 1.807) is 36.4 Å². The molecule has 0 unspecified atom stereocenters. The van der Waals surface area contributed by atoms with Crippen molar-refractivity contribution in [1.29, 1.82) is 0 Å². The molecule has 2 aromatic rings. The van der Waals surface area contributed by atoms with E-state index in [-0.39, 0.29) is 10.8 Å². The predicted octanol–water partition coefficient (Wildman–Crippen LogP) is 4.85. The van der Waals surface area contributed by atoms with Crippen LogP contribution < -0.4 is 0 Å².